The summed E-state index contributed by atoms with van der Waals surface area (Å²) in [6.07, 6.45) is 0.315. The summed E-state index contributed by atoms with van der Waals surface area (Å²) in [5.41, 5.74) is 5.69. The number of nitrogens with two attached hydrogens (primary N) is 1. The molecule has 3 amide bonds. The lowest BCUT2D eigenvalue weighted by Crippen LogP contribution is -2.54. The van der Waals surface area contributed by atoms with E-state index in [1.807, 2.05) is 13.8 Å². The van der Waals surface area contributed by atoms with Crippen LogP contribution in [0, 0.1) is 11.8 Å². The summed E-state index contributed by atoms with van der Waals surface area (Å²) in [4.78, 5) is 47.1. The van der Waals surface area contributed by atoms with Gasteiger partial charge >= 0.3 is 5.97 Å². The highest BCUT2D eigenvalue weighted by atomic mass is 32.1. The van der Waals surface area contributed by atoms with E-state index < -0.39 is 41.8 Å². The van der Waals surface area contributed by atoms with E-state index in [4.69, 9.17) is 10.8 Å². The zero-order chi connectivity index (χ0) is 20.4. The second kappa shape index (κ2) is 11.7. The number of nitrogens with one attached hydrogen (secondary N) is 3. The number of carbonyl (C=O) groups is 4. The van der Waals surface area contributed by atoms with Crippen LogP contribution >= 0.6 is 12.6 Å². The van der Waals surface area contributed by atoms with Crippen LogP contribution in [0.3, 0.4) is 0 Å². The van der Waals surface area contributed by atoms with Crippen LogP contribution in [0.15, 0.2) is 0 Å². The molecule has 3 unspecified atom stereocenters. The molecule has 0 aliphatic carbocycles. The Bertz CT molecular complexity index is 513. The number of amides is 3. The second-order valence-corrected chi connectivity index (χ2v) is 7.18. The molecule has 0 aliphatic heterocycles. The highest BCUT2D eigenvalue weighted by Crippen LogP contribution is 2.06. The number of thiol groups is 1. The van der Waals surface area contributed by atoms with Gasteiger partial charge in [-0.05, 0) is 18.3 Å². The number of carboxylic acid groups (broad SMARTS) is 1. The molecule has 0 saturated heterocycles. The minimum atomic E-state index is -1.21. The fraction of sp³-hybridized carbons (Fsp3) is 0.750. The molecule has 0 saturated carbocycles. The molecule has 0 spiro atoms. The van der Waals surface area contributed by atoms with Crippen molar-refractivity contribution in [3.63, 3.8) is 0 Å². The number of carboxylic acids is 1. The highest BCUT2D eigenvalue weighted by Gasteiger charge is 2.26. The first kappa shape index (κ1) is 24.2. The Kier molecular flexibility index (Phi) is 10.9. The molecule has 26 heavy (non-hydrogen) atoms. The van der Waals surface area contributed by atoms with Crippen LogP contribution in [0.5, 0.6) is 0 Å². The molecule has 0 radical (unpaired) electrons. The van der Waals surface area contributed by atoms with E-state index in [-0.39, 0.29) is 24.1 Å². The second-order valence-electron chi connectivity index (χ2n) is 6.82. The zero-order valence-corrected chi connectivity index (χ0v) is 16.5. The predicted molar refractivity (Wildman–Crippen MR) is 101 cm³/mol. The molecular weight excluding hydrogens is 360 g/mol. The molecule has 0 bridgehead atoms. The van der Waals surface area contributed by atoms with Crippen LogP contribution in [-0.2, 0) is 19.2 Å². The van der Waals surface area contributed by atoms with Gasteiger partial charge in [0.15, 0.2) is 0 Å². The summed E-state index contributed by atoms with van der Waals surface area (Å²) in [7, 11) is 0. The monoisotopic (exact) mass is 390 g/mol. The highest BCUT2D eigenvalue weighted by molar-refractivity contribution is 7.80. The first-order chi connectivity index (χ1) is 12.0. The van der Waals surface area contributed by atoms with Crippen molar-refractivity contribution in [2.75, 3.05) is 12.3 Å². The molecule has 0 heterocycles. The maximum atomic E-state index is 12.3. The average Bonchev–Trinajstić information content (AvgIpc) is 2.54. The van der Waals surface area contributed by atoms with Crippen molar-refractivity contribution in [3.05, 3.63) is 0 Å². The lowest BCUT2D eigenvalue weighted by Gasteiger charge is -2.22. The lowest BCUT2D eigenvalue weighted by molar-refractivity contribution is -0.141. The minimum Gasteiger partial charge on any atom is -0.480 e. The molecule has 0 aromatic rings. The standard InChI is InChI=1S/C16H30N4O5S/c1-8(2)5-10(14(22)20-11(7-26)16(24)25)19-12(21)6-18-15(23)13(17)9(3)4/h8-11,13,26H,5-7,17H2,1-4H3,(H,18,23)(H,19,21)(H,20,22)(H,24,25). The van der Waals surface area contributed by atoms with Crippen LogP contribution in [0.1, 0.15) is 34.1 Å². The zero-order valence-electron chi connectivity index (χ0n) is 15.6. The fourth-order valence-electron chi connectivity index (χ4n) is 1.99. The molecular formula is C16H30N4O5S. The first-order valence-corrected chi connectivity index (χ1v) is 9.09. The molecule has 9 nitrogen and oxygen atoms in total. The average molecular weight is 391 g/mol. The number of hydrogen-bond donors (Lipinski definition) is 6. The largest absolute Gasteiger partial charge is 0.480 e. The molecule has 6 N–H and O–H groups in total. The van der Waals surface area contributed by atoms with E-state index in [1.165, 1.54) is 0 Å². The van der Waals surface area contributed by atoms with Crippen molar-refractivity contribution in [2.24, 2.45) is 17.6 Å². The van der Waals surface area contributed by atoms with Gasteiger partial charge in [0.2, 0.25) is 17.7 Å². The Morgan fingerprint density at radius 2 is 1.58 bits per heavy atom. The third kappa shape index (κ3) is 9.04. The molecule has 150 valence electrons. The van der Waals surface area contributed by atoms with Gasteiger partial charge in [0.1, 0.15) is 12.1 Å². The van der Waals surface area contributed by atoms with Gasteiger partial charge in [-0.2, -0.15) is 12.6 Å². The molecule has 10 heteroatoms. The van der Waals surface area contributed by atoms with Gasteiger partial charge in [-0.25, -0.2) is 4.79 Å². The SMILES string of the molecule is CC(C)CC(NC(=O)CNC(=O)C(N)C(C)C)C(=O)NC(CS)C(=O)O. The van der Waals surface area contributed by atoms with Crippen LogP contribution in [0.25, 0.3) is 0 Å². The van der Waals surface area contributed by atoms with E-state index >= 15 is 0 Å². The number of hydrogen-bond acceptors (Lipinski definition) is 6. The van der Waals surface area contributed by atoms with Gasteiger partial charge in [-0.1, -0.05) is 27.7 Å². The first-order valence-electron chi connectivity index (χ1n) is 8.46. The van der Waals surface area contributed by atoms with Crippen molar-refractivity contribution < 1.29 is 24.3 Å². The number of carbonyl (C=O) groups excluding carboxylic acids is 3. The third-order valence-corrected chi connectivity index (χ3v) is 3.97. The Hall–Kier alpha value is -1.81. The summed E-state index contributed by atoms with van der Waals surface area (Å²) >= 11 is 3.89. The molecule has 0 rings (SSSR count). The summed E-state index contributed by atoms with van der Waals surface area (Å²) in [5.74, 6) is -2.92. The summed E-state index contributed by atoms with van der Waals surface area (Å²) in [5, 5.41) is 16.3. The molecule has 0 fully saturated rings. The summed E-state index contributed by atoms with van der Waals surface area (Å²) < 4.78 is 0. The predicted octanol–water partition coefficient (Wildman–Crippen LogP) is -0.884. The van der Waals surface area contributed by atoms with E-state index in [2.05, 4.69) is 28.6 Å². The normalized spacial score (nSPS) is 14.5. The van der Waals surface area contributed by atoms with Crippen LogP contribution < -0.4 is 21.7 Å². The van der Waals surface area contributed by atoms with Gasteiger partial charge < -0.3 is 26.8 Å². The van der Waals surface area contributed by atoms with E-state index in [9.17, 15) is 19.2 Å². The molecule has 3 atom stereocenters. The smallest absolute Gasteiger partial charge is 0.327 e. The van der Waals surface area contributed by atoms with E-state index in [1.54, 1.807) is 13.8 Å². The van der Waals surface area contributed by atoms with Crippen LogP contribution in [-0.4, -0.2) is 59.2 Å². The van der Waals surface area contributed by atoms with Gasteiger partial charge in [0.25, 0.3) is 0 Å². The van der Waals surface area contributed by atoms with E-state index in [0.29, 0.717) is 6.42 Å². The number of aliphatic carboxylic acids is 1. The topological polar surface area (TPSA) is 151 Å². The van der Waals surface area contributed by atoms with Crippen molar-refractivity contribution >= 4 is 36.3 Å². The van der Waals surface area contributed by atoms with Gasteiger partial charge in [-0.15, -0.1) is 0 Å². The van der Waals surface area contributed by atoms with Gasteiger partial charge in [0.05, 0.1) is 12.6 Å². The maximum Gasteiger partial charge on any atom is 0.327 e. The summed E-state index contributed by atoms with van der Waals surface area (Å²) in [6, 6.07) is -2.80. The number of rotatable bonds is 11. The van der Waals surface area contributed by atoms with Crippen molar-refractivity contribution in [1.82, 2.24) is 16.0 Å². The quantitative estimate of drug-likeness (QED) is 0.252. The Labute approximate surface area is 159 Å². The maximum absolute atomic E-state index is 12.3. The molecule has 0 aromatic heterocycles. The van der Waals surface area contributed by atoms with E-state index in [0.717, 1.165) is 0 Å². The summed E-state index contributed by atoms with van der Waals surface area (Å²) in [6.45, 7) is 6.98. The Balaban J connectivity index is 4.79. The van der Waals surface area contributed by atoms with Crippen molar-refractivity contribution in [2.45, 2.75) is 52.2 Å². The van der Waals surface area contributed by atoms with Gasteiger partial charge in [-0.3, -0.25) is 14.4 Å². The van der Waals surface area contributed by atoms with Crippen LogP contribution in [0.2, 0.25) is 0 Å². The molecule has 0 aliphatic rings. The Morgan fingerprint density at radius 3 is 2.00 bits per heavy atom. The van der Waals surface area contributed by atoms with Crippen LogP contribution in [0.4, 0.5) is 0 Å². The Morgan fingerprint density at radius 1 is 1.00 bits per heavy atom. The third-order valence-electron chi connectivity index (χ3n) is 3.60. The lowest BCUT2D eigenvalue weighted by atomic mass is 10.0. The fourth-order valence-corrected chi connectivity index (χ4v) is 2.24. The minimum absolute atomic E-state index is 0.0768. The van der Waals surface area contributed by atoms with Gasteiger partial charge in [0, 0.05) is 5.75 Å². The molecule has 0 aromatic carbocycles. The van der Waals surface area contributed by atoms with Crippen molar-refractivity contribution in [1.29, 1.82) is 0 Å². The van der Waals surface area contributed by atoms with Crippen molar-refractivity contribution in [3.8, 4) is 0 Å².